The van der Waals surface area contributed by atoms with Gasteiger partial charge in [0, 0.05) is 13.5 Å². The van der Waals surface area contributed by atoms with E-state index in [1.807, 2.05) is 36.4 Å². The normalized spacial score (nSPS) is 12.1. The van der Waals surface area contributed by atoms with Crippen molar-refractivity contribution in [3.05, 3.63) is 101 Å². The molecule has 4 nitrogen and oxygen atoms in total. The number of rotatable bonds is 6. The molecular weight excluding hydrogens is 358 g/mol. The maximum Gasteiger partial charge on any atom is 0.217 e. The lowest BCUT2D eigenvalue weighted by molar-refractivity contribution is -0.119. The minimum absolute atomic E-state index is 0.0552. The number of hydrogen-bond donors (Lipinski definition) is 1. The Kier molecular flexibility index (Phi) is 5.43. The van der Waals surface area contributed by atoms with E-state index in [2.05, 4.69) is 59.3 Å². The second-order valence-corrected chi connectivity index (χ2v) is 7.41. The van der Waals surface area contributed by atoms with Crippen molar-refractivity contribution >= 4 is 16.9 Å². The van der Waals surface area contributed by atoms with Crippen molar-refractivity contribution in [3.63, 3.8) is 0 Å². The second kappa shape index (κ2) is 8.31. The van der Waals surface area contributed by atoms with Crippen LogP contribution < -0.4 is 5.32 Å². The number of aromatic nitrogens is 2. The van der Waals surface area contributed by atoms with Gasteiger partial charge in [0.1, 0.15) is 5.82 Å². The molecule has 1 atom stereocenters. The van der Waals surface area contributed by atoms with Crippen LogP contribution in [-0.2, 0) is 17.8 Å². The predicted octanol–water partition coefficient (Wildman–Crippen LogP) is 4.81. The lowest BCUT2D eigenvalue weighted by atomic mass is 10.0. The number of para-hydroxylation sites is 2. The van der Waals surface area contributed by atoms with Gasteiger partial charge in [0.2, 0.25) is 5.91 Å². The van der Waals surface area contributed by atoms with Gasteiger partial charge in [-0.15, -0.1) is 0 Å². The Morgan fingerprint density at radius 3 is 2.41 bits per heavy atom. The molecule has 1 heterocycles. The topological polar surface area (TPSA) is 46.9 Å². The maximum absolute atomic E-state index is 12.0. The van der Waals surface area contributed by atoms with Gasteiger partial charge in [-0.2, -0.15) is 0 Å². The molecule has 0 spiro atoms. The Bertz CT molecular complexity index is 1130. The van der Waals surface area contributed by atoms with Gasteiger partial charge in [0.15, 0.2) is 0 Å². The highest BCUT2D eigenvalue weighted by Gasteiger charge is 2.22. The van der Waals surface area contributed by atoms with E-state index in [0.29, 0.717) is 13.0 Å². The van der Waals surface area contributed by atoms with E-state index in [1.54, 1.807) is 6.92 Å². The summed E-state index contributed by atoms with van der Waals surface area (Å²) in [5.74, 6) is 0.828. The van der Waals surface area contributed by atoms with E-state index in [1.165, 1.54) is 16.7 Å². The lowest BCUT2D eigenvalue weighted by Gasteiger charge is -2.20. The van der Waals surface area contributed by atoms with Crippen LogP contribution >= 0.6 is 0 Å². The number of aryl methyl sites for hydroxylation is 1. The van der Waals surface area contributed by atoms with Crippen LogP contribution in [0.2, 0.25) is 0 Å². The van der Waals surface area contributed by atoms with Crippen LogP contribution in [-0.4, -0.2) is 15.5 Å². The lowest BCUT2D eigenvalue weighted by Crippen LogP contribution is -2.30. The van der Waals surface area contributed by atoms with E-state index in [-0.39, 0.29) is 11.9 Å². The predicted molar refractivity (Wildman–Crippen MR) is 117 cm³/mol. The van der Waals surface area contributed by atoms with Crippen LogP contribution in [0.3, 0.4) is 0 Å². The first-order valence-electron chi connectivity index (χ1n) is 9.92. The van der Waals surface area contributed by atoms with Gasteiger partial charge in [0.05, 0.1) is 17.1 Å². The van der Waals surface area contributed by atoms with Crippen molar-refractivity contribution in [3.8, 4) is 0 Å². The third kappa shape index (κ3) is 4.21. The molecule has 0 radical (unpaired) electrons. The number of nitrogens with zero attached hydrogens (tertiary/aromatic N) is 2. The molecule has 4 rings (SSSR count). The zero-order valence-electron chi connectivity index (χ0n) is 16.8. The molecule has 0 saturated heterocycles. The van der Waals surface area contributed by atoms with Gasteiger partial charge >= 0.3 is 0 Å². The number of hydrogen-bond acceptors (Lipinski definition) is 2. The van der Waals surface area contributed by atoms with Crippen molar-refractivity contribution in [2.24, 2.45) is 0 Å². The summed E-state index contributed by atoms with van der Waals surface area (Å²) in [5, 5.41) is 3.12. The molecule has 4 aromatic rings. The number of nitrogens with one attached hydrogen (secondary N) is 1. The van der Waals surface area contributed by atoms with Crippen LogP contribution in [0.15, 0.2) is 78.9 Å². The highest BCUT2D eigenvalue weighted by molar-refractivity contribution is 5.77. The first-order valence-corrected chi connectivity index (χ1v) is 9.92. The summed E-state index contributed by atoms with van der Waals surface area (Å²) >= 11 is 0. The molecule has 1 aromatic heterocycles. The summed E-state index contributed by atoms with van der Waals surface area (Å²) in [7, 11) is 0. The summed E-state index contributed by atoms with van der Waals surface area (Å²) < 4.78 is 2.24. The third-order valence-corrected chi connectivity index (χ3v) is 5.25. The number of benzene rings is 3. The van der Waals surface area contributed by atoms with Gasteiger partial charge < -0.3 is 9.88 Å². The monoisotopic (exact) mass is 383 g/mol. The summed E-state index contributed by atoms with van der Waals surface area (Å²) in [6.07, 6.45) is 0.692. The Morgan fingerprint density at radius 1 is 0.966 bits per heavy atom. The zero-order valence-corrected chi connectivity index (χ0v) is 16.8. The molecule has 29 heavy (non-hydrogen) atoms. The quantitative estimate of drug-likeness (QED) is 0.519. The number of carbonyl (C=O) groups is 1. The van der Waals surface area contributed by atoms with Gasteiger partial charge in [0.25, 0.3) is 0 Å². The second-order valence-electron chi connectivity index (χ2n) is 7.41. The smallest absolute Gasteiger partial charge is 0.217 e. The van der Waals surface area contributed by atoms with Crippen molar-refractivity contribution in [2.45, 2.75) is 32.9 Å². The Hall–Kier alpha value is -3.40. The molecule has 0 fully saturated rings. The SMILES string of the molecule is CC(=O)N[C@H](Cc1ccccc1)c1nc2ccccc2n1Cc1ccccc1C. The minimum Gasteiger partial charge on any atom is -0.346 e. The standard InChI is InChI=1S/C25H25N3O/c1-18-10-6-7-13-21(18)17-28-24-15-9-8-14-22(24)27-25(28)23(26-19(2)29)16-20-11-4-3-5-12-20/h3-15,23H,16-17H2,1-2H3,(H,26,29)/t23-/m1/s1. The van der Waals surface area contributed by atoms with Crippen molar-refractivity contribution < 1.29 is 4.79 Å². The Balaban J connectivity index is 1.81. The van der Waals surface area contributed by atoms with Crippen LogP contribution in [0, 0.1) is 6.92 Å². The van der Waals surface area contributed by atoms with Crippen molar-refractivity contribution in [1.29, 1.82) is 0 Å². The Morgan fingerprint density at radius 2 is 1.66 bits per heavy atom. The van der Waals surface area contributed by atoms with Crippen molar-refractivity contribution in [2.75, 3.05) is 0 Å². The largest absolute Gasteiger partial charge is 0.346 e. The molecule has 0 saturated carbocycles. The molecule has 0 aliphatic heterocycles. The molecule has 3 aromatic carbocycles. The van der Waals surface area contributed by atoms with Gasteiger partial charge in [-0.3, -0.25) is 4.79 Å². The van der Waals surface area contributed by atoms with E-state index in [0.717, 1.165) is 16.9 Å². The van der Waals surface area contributed by atoms with E-state index in [9.17, 15) is 4.79 Å². The van der Waals surface area contributed by atoms with E-state index in [4.69, 9.17) is 4.98 Å². The first-order chi connectivity index (χ1) is 14.1. The van der Waals surface area contributed by atoms with Crippen LogP contribution in [0.4, 0.5) is 0 Å². The minimum atomic E-state index is -0.202. The number of amides is 1. The average molecular weight is 383 g/mol. The Labute approximate surface area is 171 Å². The van der Waals surface area contributed by atoms with Gasteiger partial charge in [-0.05, 0) is 42.2 Å². The highest BCUT2D eigenvalue weighted by Crippen LogP contribution is 2.25. The average Bonchev–Trinajstić information content (AvgIpc) is 3.08. The fourth-order valence-corrected chi connectivity index (χ4v) is 3.79. The number of imidazole rings is 1. The molecule has 0 unspecified atom stereocenters. The van der Waals surface area contributed by atoms with Crippen LogP contribution in [0.25, 0.3) is 11.0 Å². The third-order valence-electron chi connectivity index (χ3n) is 5.25. The molecule has 146 valence electrons. The van der Waals surface area contributed by atoms with Crippen LogP contribution in [0.1, 0.15) is 35.5 Å². The summed E-state index contributed by atoms with van der Waals surface area (Å²) in [6, 6.07) is 26.6. The van der Waals surface area contributed by atoms with Crippen LogP contribution in [0.5, 0.6) is 0 Å². The van der Waals surface area contributed by atoms with Gasteiger partial charge in [-0.25, -0.2) is 4.98 Å². The molecule has 0 aliphatic rings. The number of fused-ring (bicyclic) bond motifs is 1. The van der Waals surface area contributed by atoms with Crippen molar-refractivity contribution in [1.82, 2.24) is 14.9 Å². The molecule has 0 bridgehead atoms. The van der Waals surface area contributed by atoms with E-state index >= 15 is 0 Å². The van der Waals surface area contributed by atoms with Gasteiger partial charge in [-0.1, -0.05) is 66.7 Å². The molecule has 4 heteroatoms. The molecule has 1 N–H and O–H groups in total. The molecular formula is C25H25N3O. The fourth-order valence-electron chi connectivity index (χ4n) is 3.79. The summed E-state index contributed by atoms with van der Waals surface area (Å²) in [6.45, 7) is 4.41. The number of carbonyl (C=O) groups excluding carboxylic acids is 1. The molecule has 0 aliphatic carbocycles. The zero-order chi connectivity index (χ0) is 20.2. The summed E-state index contributed by atoms with van der Waals surface area (Å²) in [4.78, 5) is 16.9. The fraction of sp³-hybridized carbons (Fsp3) is 0.200. The molecule has 1 amide bonds. The summed E-state index contributed by atoms with van der Waals surface area (Å²) in [5.41, 5.74) is 5.68. The first kappa shape index (κ1) is 18.9. The van der Waals surface area contributed by atoms with E-state index < -0.39 is 0 Å². The highest BCUT2D eigenvalue weighted by atomic mass is 16.1. The maximum atomic E-state index is 12.0.